The molecule has 0 aliphatic rings. The first-order valence-electron chi connectivity index (χ1n) is 9.23. The predicted octanol–water partition coefficient (Wildman–Crippen LogP) is 5.72. The number of carbonyl (C=O) groups excluding carboxylic acids is 1. The number of rotatable bonds is 7. The lowest BCUT2D eigenvalue weighted by atomic mass is 10.1. The Balaban J connectivity index is 1.86. The number of nitriles is 1. The van der Waals surface area contributed by atoms with E-state index in [-0.39, 0.29) is 12.2 Å². The van der Waals surface area contributed by atoms with Gasteiger partial charge >= 0.3 is 0 Å². The molecule has 0 fully saturated rings. The number of carbonyl (C=O) groups is 1. The van der Waals surface area contributed by atoms with Crippen LogP contribution in [0, 0.1) is 17.1 Å². The first-order chi connectivity index (χ1) is 15.0. The van der Waals surface area contributed by atoms with Gasteiger partial charge in [0, 0.05) is 15.7 Å². The van der Waals surface area contributed by atoms with Gasteiger partial charge in [-0.2, -0.15) is 5.26 Å². The summed E-state index contributed by atoms with van der Waals surface area (Å²) in [6.45, 7) is 0.276. The third kappa shape index (κ3) is 5.93. The Morgan fingerprint density at radius 2 is 1.84 bits per heavy atom. The van der Waals surface area contributed by atoms with Gasteiger partial charge in [-0.05, 0) is 54.1 Å². The molecule has 0 unspecified atom stereocenters. The van der Waals surface area contributed by atoms with E-state index in [0.29, 0.717) is 22.7 Å². The average Bonchev–Trinajstić information content (AvgIpc) is 2.78. The second-order valence-electron chi connectivity index (χ2n) is 6.42. The minimum Gasteiger partial charge on any atom is -0.493 e. The third-order valence-corrected chi connectivity index (χ3v) is 4.82. The zero-order valence-corrected chi connectivity index (χ0v) is 18.1. The topological polar surface area (TPSA) is 71.3 Å². The summed E-state index contributed by atoms with van der Waals surface area (Å²) in [5, 5.41) is 12.1. The molecule has 3 aromatic rings. The van der Waals surface area contributed by atoms with Gasteiger partial charge in [-0.1, -0.05) is 40.2 Å². The molecular weight excluding hydrogens is 463 g/mol. The Morgan fingerprint density at radius 3 is 2.48 bits per heavy atom. The standard InChI is InChI=1S/C24H18BrFN2O3/c1-30-22-4-2-3-17(23(22)31-15-16-5-7-19(25)8-6-16)13-18(14-27)24(29)28-21-11-9-20(26)10-12-21/h2-13H,15H2,1H3,(H,28,29)/b18-13-. The van der Waals surface area contributed by atoms with Crippen LogP contribution in [0.5, 0.6) is 11.5 Å². The first kappa shape index (κ1) is 22.1. The summed E-state index contributed by atoms with van der Waals surface area (Å²) in [6.07, 6.45) is 1.43. The van der Waals surface area contributed by atoms with Gasteiger partial charge in [0.15, 0.2) is 11.5 Å². The SMILES string of the molecule is COc1cccc(/C=C(/C#N)C(=O)Nc2ccc(F)cc2)c1OCc1ccc(Br)cc1. The Hall–Kier alpha value is -3.63. The maximum absolute atomic E-state index is 13.1. The Kier molecular flexibility index (Phi) is 7.41. The van der Waals surface area contributed by atoms with E-state index in [1.54, 1.807) is 18.2 Å². The molecule has 0 saturated heterocycles. The molecule has 0 heterocycles. The molecule has 0 bridgehead atoms. The quantitative estimate of drug-likeness (QED) is 0.346. The average molecular weight is 481 g/mol. The van der Waals surface area contributed by atoms with Crippen LogP contribution in [0.3, 0.4) is 0 Å². The molecular formula is C24H18BrFN2O3. The number of methoxy groups -OCH3 is 1. The minimum atomic E-state index is -0.615. The number of hydrogen-bond acceptors (Lipinski definition) is 4. The van der Waals surface area contributed by atoms with Crippen LogP contribution in [0.4, 0.5) is 10.1 Å². The van der Waals surface area contributed by atoms with Crippen molar-refractivity contribution in [3.05, 3.63) is 93.7 Å². The summed E-state index contributed by atoms with van der Waals surface area (Å²) in [7, 11) is 1.52. The highest BCUT2D eigenvalue weighted by atomic mass is 79.9. The molecule has 0 atom stereocenters. The van der Waals surface area contributed by atoms with E-state index < -0.39 is 11.7 Å². The van der Waals surface area contributed by atoms with Gasteiger partial charge in [-0.25, -0.2) is 4.39 Å². The summed E-state index contributed by atoms with van der Waals surface area (Å²) in [5.41, 5.74) is 1.71. The fourth-order valence-electron chi connectivity index (χ4n) is 2.73. The number of nitrogens with zero attached hydrogens (tertiary/aromatic N) is 1. The van der Waals surface area contributed by atoms with Crippen LogP contribution in [0.2, 0.25) is 0 Å². The second-order valence-corrected chi connectivity index (χ2v) is 7.34. The van der Waals surface area contributed by atoms with Crippen LogP contribution in [-0.2, 0) is 11.4 Å². The van der Waals surface area contributed by atoms with Gasteiger partial charge in [-0.15, -0.1) is 0 Å². The number of ether oxygens (including phenoxy) is 2. The van der Waals surface area contributed by atoms with Gasteiger partial charge < -0.3 is 14.8 Å². The molecule has 0 aliphatic heterocycles. The molecule has 3 aromatic carbocycles. The lowest BCUT2D eigenvalue weighted by Crippen LogP contribution is -2.13. The molecule has 156 valence electrons. The maximum atomic E-state index is 13.1. The summed E-state index contributed by atoms with van der Waals surface area (Å²) in [6, 6.07) is 20.1. The lowest BCUT2D eigenvalue weighted by Gasteiger charge is -2.14. The second kappa shape index (κ2) is 10.4. The predicted molar refractivity (Wildman–Crippen MR) is 120 cm³/mol. The zero-order valence-electron chi connectivity index (χ0n) is 16.6. The van der Waals surface area contributed by atoms with Gasteiger partial charge in [0.1, 0.15) is 24.1 Å². The highest BCUT2D eigenvalue weighted by Gasteiger charge is 2.14. The van der Waals surface area contributed by atoms with Crippen molar-refractivity contribution in [3.63, 3.8) is 0 Å². The summed E-state index contributed by atoms with van der Waals surface area (Å²) in [4.78, 5) is 12.5. The van der Waals surface area contributed by atoms with Crippen LogP contribution in [0.15, 0.2) is 76.8 Å². The van der Waals surface area contributed by atoms with E-state index in [1.807, 2.05) is 30.3 Å². The largest absolute Gasteiger partial charge is 0.493 e. The number of anilines is 1. The fourth-order valence-corrected chi connectivity index (χ4v) is 3.00. The van der Waals surface area contributed by atoms with E-state index in [0.717, 1.165) is 10.0 Å². The lowest BCUT2D eigenvalue weighted by molar-refractivity contribution is -0.112. The highest BCUT2D eigenvalue weighted by Crippen LogP contribution is 2.33. The fraction of sp³-hybridized carbons (Fsp3) is 0.0833. The van der Waals surface area contributed by atoms with Crippen molar-refractivity contribution in [1.29, 1.82) is 5.26 Å². The Labute approximate surface area is 187 Å². The number of nitrogens with one attached hydrogen (secondary N) is 1. The van der Waals surface area contributed by atoms with E-state index in [4.69, 9.17) is 9.47 Å². The number of para-hydroxylation sites is 1. The molecule has 0 spiro atoms. The van der Waals surface area contributed by atoms with E-state index in [1.165, 1.54) is 37.5 Å². The van der Waals surface area contributed by atoms with Crippen molar-refractivity contribution >= 4 is 33.6 Å². The molecule has 0 radical (unpaired) electrons. The highest BCUT2D eigenvalue weighted by molar-refractivity contribution is 9.10. The maximum Gasteiger partial charge on any atom is 0.266 e. The smallest absolute Gasteiger partial charge is 0.266 e. The Bertz CT molecular complexity index is 1140. The summed E-state index contributed by atoms with van der Waals surface area (Å²) in [5.74, 6) is -0.147. The van der Waals surface area contributed by atoms with E-state index in [9.17, 15) is 14.4 Å². The van der Waals surface area contributed by atoms with E-state index in [2.05, 4.69) is 21.2 Å². The van der Waals surface area contributed by atoms with Crippen LogP contribution in [0.1, 0.15) is 11.1 Å². The number of benzene rings is 3. The van der Waals surface area contributed by atoms with Crippen molar-refractivity contribution in [1.82, 2.24) is 0 Å². The molecule has 0 aromatic heterocycles. The molecule has 3 rings (SSSR count). The minimum absolute atomic E-state index is 0.133. The normalized spacial score (nSPS) is 10.8. The summed E-state index contributed by atoms with van der Waals surface area (Å²) >= 11 is 3.40. The molecule has 1 amide bonds. The van der Waals surface area contributed by atoms with Crippen LogP contribution < -0.4 is 14.8 Å². The van der Waals surface area contributed by atoms with Gasteiger partial charge in [-0.3, -0.25) is 4.79 Å². The molecule has 0 saturated carbocycles. The van der Waals surface area contributed by atoms with Crippen molar-refractivity contribution in [2.24, 2.45) is 0 Å². The molecule has 7 heteroatoms. The van der Waals surface area contributed by atoms with Crippen molar-refractivity contribution in [3.8, 4) is 17.6 Å². The van der Waals surface area contributed by atoms with Gasteiger partial charge in [0.2, 0.25) is 0 Å². The van der Waals surface area contributed by atoms with Crippen LogP contribution in [0.25, 0.3) is 6.08 Å². The van der Waals surface area contributed by atoms with Crippen molar-refractivity contribution in [2.75, 3.05) is 12.4 Å². The van der Waals surface area contributed by atoms with Crippen molar-refractivity contribution in [2.45, 2.75) is 6.61 Å². The molecule has 31 heavy (non-hydrogen) atoms. The number of halogens is 2. The van der Waals surface area contributed by atoms with Gasteiger partial charge in [0.25, 0.3) is 5.91 Å². The Morgan fingerprint density at radius 1 is 1.13 bits per heavy atom. The van der Waals surface area contributed by atoms with Crippen LogP contribution >= 0.6 is 15.9 Å². The number of hydrogen-bond donors (Lipinski definition) is 1. The summed E-state index contributed by atoms with van der Waals surface area (Å²) < 4.78 is 25.4. The third-order valence-electron chi connectivity index (χ3n) is 4.29. The molecule has 5 nitrogen and oxygen atoms in total. The zero-order chi connectivity index (χ0) is 22.2. The number of amides is 1. The van der Waals surface area contributed by atoms with Gasteiger partial charge in [0.05, 0.1) is 7.11 Å². The molecule has 1 N–H and O–H groups in total. The van der Waals surface area contributed by atoms with Crippen LogP contribution in [-0.4, -0.2) is 13.0 Å². The van der Waals surface area contributed by atoms with E-state index >= 15 is 0 Å². The molecule has 0 aliphatic carbocycles. The first-order valence-corrected chi connectivity index (χ1v) is 10.0. The van der Waals surface area contributed by atoms with Crippen molar-refractivity contribution < 1.29 is 18.7 Å². The monoisotopic (exact) mass is 480 g/mol.